The molecule has 2 aliphatic heterocycles. The van der Waals surface area contributed by atoms with Crippen molar-refractivity contribution in [2.75, 3.05) is 7.05 Å². The molecule has 1 aromatic rings. The molecule has 1 N–H and O–H groups in total. The molecule has 0 radical (unpaired) electrons. The van der Waals surface area contributed by atoms with Gasteiger partial charge in [0.1, 0.15) is 6.04 Å². The summed E-state index contributed by atoms with van der Waals surface area (Å²) in [5.74, 6) is -3.93. The molecule has 9 heteroatoms. The molecule has 2 aliphatic rings. The normalized spacial score (nSPS) is 31.8. The number of imide groups is 1. The number of nitrogens with zero attached hydrogens (tertiary/aromatic N) is 2. The summed E-state index contributed by atoms with van der Waals surface area (Å²) in [4.78, 5) is 29.0. The summed E-state index contributed by atoms with van der Waals surface area (Å²) in [6.07, 6.45) is -3.17. The van der Waals surface area contributed by atoms with Crippen molar-refractivity contribution in [3.63, 3.8) is 0 Å². The molecule has 22 heavy (non-hydrogen) atoms. The zero-order valence-corrected chi connectivity index (χ0v) is 12.9. The maximum Gasteiger partial charge on any atom is 0.404 e. The molecule has 3 rings (SSSR count). The molecule has 2 saturated heterocycles. The number of aromatic nitrogens is 1. The Balaban J connectivity index is 2.04. The highest BCUT2D eigenvalue weighted by Gasteiger charge is 2.64. The van der Waals surface area contributed by atoms with Gasteiger partial charge in [-0.25, -0.2) is 0 Å². The van der Waals surface area contributed by atoms with Crippen LogP contribution in [0.15, 0.2) is 22.8 Å². The summed E-state index contributed by atoms with van der Waals surface area (Å²) in [7, 11) is 1.21. The zero-order chi connectivity index (χ0) is 16.2. The van der Waals surface area contributed by atoms with E-state index in [2.05, 4.69) is 26.2 Å². The number of hydrogen-bond acceptors (Lipinski definition) is 4. The number of alkyl halides is 3. The van der Waals surface area contributed by atoms with E-state index in [9.17, 15) is 22.8 Å². The van der Waals surface area contributed by atoms with Crippen molar-refractivity contribution in [2.24, 2.45) is 11.8 Å². The molecule has 2 amide bonds. The van der Waals surface area contributed by atoms with E-state index >= 15 is 0 Å². The largest absolute Gasteiger partial charge is 0.404 e. The number of fused-ring (bicyclic) bond motifs is 1. The second-order valence-electron chi connectivity index (χ2n) is 5.35. The monoisotopic (exact) mass is 377 g/mol. The number of halogens is 4. The molecule has 0 unspecified atom stereocenters. The van der Waals surface area contributed by atoms with Gasteiger partial charge in [0.2, 0.25) is 11.8 Å². The Morgan fingerprint density at radius 1 is 1.23 bits per heavy atom. The van der Waals surface area contributed by atoms with E-state index in [1.807, 2.05) is 0 Å². The molecular formula is C13H11BrF3N3O2. The minimum absolute atomic E-state index is 0.307. The SMILES string of the molecule is CN1C(=O)[C@@H]2[C@H](C1=O)[C@H](C(F)(F)F)N[C@@H]2c1ccc(Br)cn1. The maximum atomic E-state index is 13.2. The Morgan fingerprint density at radius 3 is 2.41 bits per heavy atom. The summed E-state index contributed by atoms with van der Waals surface area (Å²) in [5, 5.41) is 2.38. The van der Waals surface area contributed by atoms with E-state index in [1.54, 1.807) is 6.07 Å². The third-order valence-electron chi connectivity index (χ3n) is 4.12. The molecule has 3 heterocycles. The minimum atomic E-state index is -4.62. The van der Waals surface area contributed by atoms with Crippen LogP contribution in [-0.2, 0) is 9.59 Å². The molecule has 5 nitrogen and oxygen atoms in total. The number of likely N-dealkylation sites (tertiary alicyclic amines) is 1. The molecule has 0 saturated carbocycles. The smallest absolute Gasteiger partial charge is 0.296 e. The predicted molar refractivity (Wildman–Crippen MR) is 72.4 cm³/mol. The molecule has 4 atom stereocenters. The van der Waals surface area contributed by atoms with Crippen molar-refractivity contribution < 1.29 is 22.8 Å². The highest BCUT2D eigenvalue weighted by Crippen LogP contribution is 2.47. The van der Waals surface area contributed by atoms with Gasteiger partial charge in [0.25, 0.3) is 0 Å². The fourth-order valence-corrected chi connectivity index (χ4v) is 3.34. The third-order valence-corrected chi connectivity index (χ3v) is 4.59. The fourth-order valence-electron chi connectivity index (χ4n) is 3.10. The number of hydrogen-bond donors (Lipinski definition) is 1. The highest BCUT2D eigenvalue weighted by molar-refractivity contribution is 9.10. The second-order valence-corrected chi connectivity index (χ2v) is 6.27. The zero-order valence-electron chi connectivity index (χ0n) is 11.3. The number of nitrogens with one attached hydrogen (secondary N) is 1. The number of amides is 2. The molecule has 0 spiro atoms. The quantitative estimate of drug-likeness (QED) is 0.756. The van der Waals surface area contributed by atoms with Crippen molar-refractivity contribution in [1.29, 1.82) is 0 Å². The van der Waals surface area contributed by atoms with E-state index in [0.717, 1.165) is 4.90 Å². The van der Waals surface area contributed by atoms with Crippen LogP contribution in [0.4, 0.5) is 13.2 Å². The van der Waals surface area contributed by atoms with Crippen molar-refractivity contribution in [3.8, 4) is 0 Å². The van der Waals surface area contributed by atoms with Gasteiger partial charge in [-0.15, -0.1) is 0 Å². The second kappa shape index (κ2) is 5.02. The van der Waals surface area contributed by atoms with Crippen LogP contribution < -0.4 is 5.32 Å². The van der Waals surface area contributed by atoms with E-state index in [1.165, 1.54) is 19.3 Å². The summed E-state index contributed by atoms with van der Waals surface area (Å²) >= 11 is 3.19. The van der Waals surface area contributed by atoms with E-state index in [-0.39, 0.29) is 0 Å². The van der Waals surface area contributed by atoms with Crippen LogP contribution in [0.5, 0.6) is 0 Å². The summed E-state index contributed by atoms with van der Waals surface area (Å²) in [6.45, 7) is 0. The lowest BCUT2D eigenvalue weighted by molar-refractivity contribution is -0.168. The fraction of sp³-hybridized carbons (Fsp3) is 0.462. The lowest BCUT2D eigenvalue weighted by atomic mass is 9.88. The first kappa shape index (κ1) is 15.4. The van der Waals surface area contributed by atoms with Crippen LogP contribution in [0, 0.1) is 11.8 Å². The first-order valence-corrected chi connectivity index (χ1v) is 7.26. The Bertz CT molecular complexity index is 634. The molecule has 0 aromatic carbocycles. The lowest BCUT2D eigenvalue weighted by Crippen LogP contribution is -2.46. The predicted octanol–water partition coefficient (Wildman–Crippen LogP) is 1.65. The van der Waals surface area contributed by atoms with Crippen LogP contribution in [0.25, 0.3) is 0 Å². The van der Waals surface area contributed by atoms with Gasteiger partial charge >= 0.3 is 6.18 Å². The van der Waals surface area contributed by atoms with E-state index in [0.29, 0.717) is 10.2 Å². The van der Waals surface area contributed by atoms with Crippen LogP contribution in [0.2, 0.25) is 0 Å². The summed E-state index contributed by atoms with van der Waals surface area (Å²) < 4.78 is 40.3. The van der Waals surface area contributed by atoms with Crippen LogP contribution in [0.1, 0.15) is 11.7 Å². The molecule has 118 valence electrons. The van der Waals surface area contributed by atoms with Gasteiger partial charge in [0, 0.05) is 17.7 Å². The Kier molecular flexibility index (Phi) is 3.52. The Hall–Kier alpha value is -1.48. The first-order valence-electron chi connectivity index (χ1n) is 6.47. The van der Waals surface area contributed by atoms with Crippen LogP contribution in [-0.4, -0.2) is 41.0 Å². The molecule has 0 bridgehead atoms. The number of carbonyl (C=O) groups excluding carboxylic acids is 2. The van der Waals surface area contributed by atoms with Gasteiger partial charge < -0.3 is 0 Å². The average Bonchev–Trinajstić information content (AvgIpc) is 2.94. The van der Waals surface area contributed by atoms with Gasteiger partial charge in [-0.05, 0) is 28.1 Å². The number of pyridine rings is 1. The minimum Gasteiger partial charge on any atom is -0.296 e. The molecule has 0 aliphatic carbocycles. The first-order chi connectivity index (χ1) is 10.2. The molecule has 1 aromatic heterocycles. The number of carbonyl (C=O) groups is 2. The van der Waals surface area contributed by atoms with Gasteiger partial charge in [-0.2, -0.15) is 13.2 Å². The van der Waals surface area contributed by atoms with Crippen LogP contribution >= 0.6 is 15.9 Å². The standard InChI is InChI=1S/C13H11BrF3N3O2/c1-20-11(21)7-8(12(20)22)10(13(15,16)17)19-9(7)6-3-2-5(14)4-18-6/h2-4,7-10,19H,1H3/t7-,8+,9-,10-/m1/s1. The maximum absolute atomic E-state index is 13.2. The van der Waals surface area contributed by atoms with Crippen LogP contribution in [0.3, 0.4) is 0 Å². The van der Waals surface area contributed by atoms with Gasteiger partial charge in [0.15, 0.2) is 0 Å². The Morgan fingerprint density at radius 2 is 1.86 bits per heavy atom. The van der Waals surface area contributed by atoms with E-state index < -0.39 is 41.9 Å². The average molecular weight is 378 g/mol. The van der Waals surface area contributed by atoms with Crippen molar-refractivity contribution in [1.82, 2.24) is 15.2 Å². The van der Waals surface area contributed by atoms with E-state index in [4.69, 9.17) is 0 Å². The summed E-state index contributed by atoms with van der Waals surface area (Å²) in [5.41, 5.74) is 0.307. The molecule has 2 fully saturated rings. The number of rotatable bonds is 1. The highest BCUT2D eigenvalue weighted by atomic mass is 79.9. The van der Waals surface area contributed by atoms with Gasteiger partial charge in [-0.3, -0.25) is 24.8 Å². The third kappa shape index (κ3) is 2.23. The molecular weight excluding hydrogens is 367 g/mol. The van der Waals surface area contributed by atoms with Crippen molar-refractivity contribution in [3.05, 3.63) is 28.5 Å². The van der Waals surface area contributed by atoms with Crippen molar-refractivity contribution >= 4 is 27.7 Å². The van der Waals surface area contributed by atoms with Gasteiger partial charge in [-0.1, -0.05) is 0 Å². The van der Waals surface area contributed by atoms with Gasteiger partial charge in [0.05, 0.1) is 23.6 Å². The Labute approximate surface area is 132 Å². The lowest BCUT2D eigenvalue weighted by Gasteiger charge is -2.21. The summed E-state index contributed by atoms with van der Waals surface area (Å²) in [6, 6.07) is 0.180. The van der Waals surface area contributed by atoms with Crippen molar-refractivity contribution in [2.45, 2.75) is 18.3 Å². The topological polar surface area (TPSA) is 62.3 Å².